The maximum Gasteiger partial charge on any atom is 0.416 e. The van der Waals surface area contributed by atoms with E-state index in [1.165, 1.54) is 12.1 Å². The van der Waals surface area contributed by atoms with Crippen molar-refractivity contribution in [3.8, 4) is 5.75 Å². The van der Waals surface area contributed by atoms with E-state index in [4.69, 9.17) is 16.3 Å². The van der Waals surface area contributed by atoms with Gasteiger partial charge in [0.25, 0.3) is 0 Å². The lowest BCUT2D eigenvalue weighted by atomic mass is 10.1. The smallest absolute Gasteiger partial charge is 0.416 e. The number of ether oxygens (including phenoxy) is 1. The lowest BCUT2D eigenvalue weighted by molar-refractivity contribution is -0.137. The molecule has 6 heteroatoms. The van der Waals surface area contributed by atoms with Gasteiger partial charge in [0.05, 0.1) is 22.8 Å². The minimum Gasteiger partial charge on any atom is -0.480 e. The van der Waals surface area contributed by atoms with Crippen LogP contribution in [0, 0.1) is 0 Å². The van der Waals surface area contributed by atoms with Crippen molar-refractivity contribution in [2.75, 3.05) is 11.9 Å². The second-order valence-corrected chi connectivity index (χ2v) is 5.13. The van der Waals surface area contributed by atoms with Crippen molar-refractivity contribution in [3.05, 3.63) is 58.6 Å². The Balaban J connectivity index is 1.85. The van der Waals surface area contributed by atoms with E-state index in [0.29, 0.717) is 22.9 Å². The van der Waals surface area contributed by atoms with Gasteiger partial charge in [0.2, 0.25) is 0 Å². The number of benzene rings is 2. The summed E-state index contributed by atoms with van der Waals surface area (Å²) in [6.45, 7) is 0.471. The van der Waals surface area contributed by atoms with Crippen LogP contribution in [0.4, 0.5) is 18.9 Å². The van der Waals surface area contributed by atoms with Gasteiger partial charge in [-0.15, -0.1) is 0 Å². The molecule has 0 radical (unpaired) electrons. The van der Waals surface area contributed by atoms with E-state index in [9.17, 15) is 13.2 Å². The summed E-state index contributed by atoms with van der Waals surface area (Å²) in [6, 6.07) is 10.3. The molecule has 2 aromatic rings. The van der Waals surface area contributed by atoms with Crippen LogP contribution in [0.1, 0.15) is 17.2 Å². The highest BCUT2D eigenvalue weighted by atomic mass is 35.5. The molecule has 0 saturated heterocycles. The van der Waals surface area contributed by atoms with Crippen LogP contribution in [0.3, 0.4) is 0 Å². The highest BCUT2D eigenvalue weighted by Gasteiger charge is 2.31. The fraction of sp³-hybridized carbons (Fsp3) is 0.200. The zero-order valence-electron chi connectivity index (χ0n) is 10.7. The summed E-state index contributed by atoms with van der Waals surface area (Å²) in [7, 11) is 0. The van der Waals surface area contributed by atoms with E-state index in [1.54, 1.807) is 12.1 Å². The molecule has 3 rings (SSSR count). The third-order valence-electron chi connectivity index (χ3n) is 3.31. The topological polar surface area (TPSA) is 21.3 Å². The molecule has 1 aliphatic rings. The number of hydrogen-bond acceptors (Lipinski definition) is 2. The zero-order chi connectivity index (χ0) is 15.0. The highest BCUT2D eigenvalue weighted by Crippen LogP contribution is 2.40. The SMILES string of the molecule is FC(F)(F)c1ccc(C2CNc3cccc(Cl)c3O2)cc1. The zero-order valence-corrected chi connectivity index (χ0v) is 11.5. The van der Waals surface area contributed by atoms with Gasteiger partial charge in [0.1, 0.15) is 6.10 Å². The monoisotopic (exact) mass is 313 g/mol. The average Bonchev–Trinajstić information content (AvgIpc) is 2.47. The molecule has 0 fully saturated rings. The molecule has 0 saturated carbocycles. The molecular weight excluding hydrogens is 303 g/mol. The van der Waals surface area contributed by atoms with Crippen molar-refractivity contribution < 1.29 is 17.9 Å². The van der Waals surface area contributed by atoms with Crippen LogP contribution < -0.4 is 10.1 Å². The first-order chi connectivity index (χ1) is 9.95. The fourth-order valence-corrected chi connectivity index (χ4v) is 2.45. The lowest BCUT2D eigenvalue weighted by Gasteiger charge is -2.28. The van der Waals surface area contributed by atoms with Crippen molar-refractivity contribution >= 4 is 17.3 Å². The predicted molar refractivity (Wildman–Crippen MR) is 74.8 cm³/mol. The lowest BCUT2D eigenvalue weighted by Crippen LogP contribution is -2.23. The van der Waals surface area contributed by atoms with Gasteiger partial charge in [0.15, 0.2) is 5.75 Å². The summed E-state index contributed by atoms with van der Waals surface area (Å²) in [5.74, 6) is 0.523. The molecular formula is C15H11ClF3NO. The average molecular weight is 314 g/mol. The number of hydrogen-bond donors (Lipinski definition) is 1. The molecule has 1 heterocycles. The van der Waals surface area contributed by atoms with Crippen LogP contribution in [0.2, 0.25) is 5.02 Å². The summed E-state index contributed by atoms with van der Waals surface area (Å²) in [6.07, 6.45) is -4.71. The quantitative estimate of drug-likeness (QED) is 0.808. The summed E-state index contributed by atoms with van der Waals surface area (Å²) in [5.41, 5.74) is 0.778. The van der Waals surface area contributed by atoms with Crippen molar-refractivity contribution in [1.82, 2.24) is 0 Å². The number of anilines is 1. The molecule has 1 N–H and O–H groups in total. The van der Waals surface area contributed by atoms with Gasteiger partial charge in [-0.05, 0) is 29.8 Å². The molecule has 21 heavy (non-hydrogen) atoms. The Morgan fingerprint density at radius 2 is 1.81 bits per heavy atom. The maximum absolute atomic E-state index is 12.6. The van der Waals surface area contributed by atoms with Crippen LogP contribution in [0.15, 0.2) is 42.5 Å². The van der Waals surface area contributed by atoms with Gasteiger partial charge < -0.3 is 10.1 Å². The van der Waals surface area contributed by atoms with E-state index in [1.807, 2.05) is 6.07 Å². The Morgan fingerprint density at radius 1 is 1.10 bits per heavy atom. The Labute approximate surface area is 124 Å². The normalized spacial score (nSPS) is 17.6. The van der Waals surface area contributed by atoms with E-state index < -0.39 is 11.7 Å². The van der Waals surface area contributed by atoms with Gasteiger partial charge in [-0.1, -0.05) is 29.8 Å². The van der Waals surface area contributed by atoms with Crippen LogP contribution in [-0.2, 0) is 6.18 Å². The van der Waals surface area contributed by atoms with Crippen molar-refractivity contribution in [3.63, 3.8) is 0 Å². The number of fused-ring (bicyclic) bond motifs is 1. The van der Waals surface area contributed by atoms with Crippen LogP contribution in [-0.4, -0.2) is 6.54 Å². The molecule has 2 aromatic carbocycles. The molecule has 0 bridgehead atoms. The predicted octanol–water partition coefficient (Wildman–Crippen LogP) is 4.90. The number of nitrogens with one attached hydrogen (secondary N) is 1. The van der Waals surface area contributed by atoms with E-state index in [-0.39, 0.29) is 6.10 Å². The van der Waals surface area contributed by atoms with Crippen LogP contribution in [0.25, 0.3) is 0 Å². The minimum atomic E-state index is -4.33. The molecule has 110 valence electrons. The minimum absolute atomic E-state index is 0.375. The molecule has 1 atom stereocenters. The Hall–Kier alpha value is -1.88. The summed E-state index contributed by atoms with van der Waals surface area (Å²) < 4.78 is 43.5. The molecule has 1 unspecified atom stereocenters. The molecule has 0 aliphatic carbocycles. The van der Waals surface area contributed by atoms with Crippen LogP contribution in [0.5, 0.6) is 5.75 Å². The first kappa shape index (κ1) is 14.1. The number of para-hydroxylation sites is 1. The number of rotatable bonds is 1. The first-order valence-corrected chi connectivity index (χ1v) is 6.69. The summed E-state index contributed by atoms with van der Waals surface area (Å²) in [4.78, 5) is 0. The Bertz CT molecular complexity index is 655. The fourth-order valence-electron chi connectivity index (χ4n) is 2.23. The first-order valence-electron chi connectivity index (χ1n) is 6.31. The van der Waals surface area contributed by atoms with E-state index in [0.717, 1.165) is 17.8 Å². The largest absolute Gasteiger partial charge is 0.480 e. The third kappa shape index (κ3) is 2.78. The molecule has 0 aromatic heterocycles. The van der Waals surface area contributed by atoms with Gasteiger partial charge in [-0.2, -0.15) is 13.2 Å². The molecule has 2 nitrogen and oxygen atoms in total. The van der Waals surface area contributed by atoms with Gasteiger partial charge in [-0.25, -0.2) is 0 Å². The van der Waals surface area contributed by atoms with Gasteiger partial charge >= 0.3 is 6.18 Å². The van der Waals surface area contributed by atoms with E-state index in [2.05, 4.69) is 5.32 Å². The standard InChI is InChI=1S/C15H11ClF3NO/c16-11-2-1-3-12-14(11)21-13(8-20-12)9-4-6-10(7-5-9)15(17,18)19/h1-7,13,20H,8H2. The van der Waals surface area contributed by atoms with E-state index >= 15 is 0 Å². The van der Waals surface area contributed by atoms with Crippen molar-refractivity contribution in [2.45, 2.75) is 12.3 Å². The Morgan fingerprint density at radius 3 is 2.48 bits per heavy atom. The third-order valence-corrected chi connectivity index (χ3v) is 3.61. The molecule has 1 aliphatic heterocycles. The number of halogens is 4. The maximum atomic E-state index is 12.6. The Kier molecular flexibility index (Phi) is 3.45. The second-order valence-electron chi connectivity index (χ2n) is 4.72. The second kappa shape index (κ2) is 5.15. The van der Waals surface area contributed by atoms with Crippen molar-refractivity contribution in [1.29, 1.82) is 0 Å². The molecule has 0 amide bonds. The highest BCUT2D eigenvalue weighted by molar-refractivity contribution is 6.32. The number of alkyl halides is 3. The van der Waals surface area contributed by atoms with Crippen molar-refractivity contribution in [2.24, 2.45) is 0 Å². The van der Waals surface area contributed by atoms with Gasteiger partial charge in [-0.3, -0.25) is 0 Å². The summed E-state index contributed by atoms with van der Waals surface area (Å²) in [5, 5.41) is 3.63. The van der Waals surface area contributed by atoms with Gasteiger partial charge in [0, 0.05) is 0 Å². The van der Waals surface area contributed by atoms with Crippen LogP contribution >= 0.6 is 11.6 Å². The summed E-state index contributed by atoms with van der Waals surface area (Å²) >= 11 is 6.07. The molecule has 0 spiro atoms.